The SMILES string of the molecule is O=C(O)C1CC1c1cccc(CCC(=O)N2CCSCC2)c1. The highest BCUT2D eigenvalue weighted by Gasteiger charge is 2.44. The molecule has 1 aromatic rings. The molecule has 4 nitrogen and oxygen atoms in total. The van der Waals surface area contributed by atoms with Crippen molar-refractivity contribution in [2.24, 2.45) is 5.92 Å². The summed E-state index contributed by atoms with van der Waals surface area (Å²) >= 11 is 1.90. The van der Waals surface area contributed by atoms with Crippen molar-refractivity contribution >= 4 is 23.6 Å². The molecule has 0 radical (unpaired) electrons. The Morgan fingerprint density at radius 2 is 2.05 bits per heavy atom. The highest BCUT2D eigenvalue weighted by Crippen LogP contribution is 2.47. The van der Waals surface area contributed by atoms with Crippen LogP contribution in [-0.4, -0.2) is 46.5 Å². The largest absolute Gasteiger partial charge is 0.481 e. The van der Waals surface area contributed by atoms with Gasteiger partial charge in [0.2, 0.25) is 5.91 Å². The van der Waals surface area contributed by atoms with Gasteiger partial charge in [0.1, 0.15) is 0 Å². The van der Waals surface area contributed by atoms with Gasteiger partial charge in [-0.25, -0.2) is 0 Å². The van der Waals surface area contributed by atoms with Crippen LogP contribution in [0.4, 0.5) is 0 Å². The predicted molar refractivity (Wildman–Crippen MR) is 87.2 cm³/mol. The van der Waals surface area contributed by atoms with E-state index in [0.29, 0.717) is 6.42 Å². The molecule has 2 unspecified atom stereocenters. The van der Waals surface area contributed by atoms with Gasteiger partial charge in [0.05, 0.1) is 5.92 Å². The number of aryl methyl sites for hydroxylation is 1. The molecule has 5 heteroatoms. The summed E-state index contributed by atoms with van der Waals surface area (Å²) in [5.41, 5.74) is 2.24. The van der Waals surface area contributed by atoms with Gasteiger partial charge >= 0.3 is 5.97 Å². The molecule has 3 rings (SSSR count). The van der Waals surface area contributed by atoms with Crippen LogP contribution in [-0.2, 0) is 16.0 Å². The van der Waals surface area contributed by atoms with Crippen molar-refractivity contribution in [1.82, 2.24) is 4.90 Å². The smallest absolute Gasteiger partial charge is 0.307 e. The van der Waals surface area contributed by atoms with E-state index in [1.807, 2.05) is 34.9 Å². The molecule has 2 aliphatic rings. The summed E-state index contributed by atoms with van der Waals surface area (Å²) in [4.78, 5) is 25.1. The molecule has 1 saturated heterocycles. The van der Waals surface area contributed by atoms with Crippen LogP contribution < -0.4 is 0 Å². The normalized spacial score (nSPS) is 24.1. The first-order valence-electron chi connectivity index (χ1n) is 7.82. The molecule has 1 amide bonds. The second kappa shape index (κ2) is 6.73. The fourth-order valence-electron chi connectivity index (χ4n) is 3.04. The van der Waals surface area contributed by atoms with Gasteiger partial charge < -0.3 is 10.0 Å². The lowest BCUT2D eigenvalue weighted by Crippen LogP contribution is -2.37. The summed E-state index contributed by atoms with van der Waals surface area (Å²) in [7, 11) is 0. The standard InChI is InChI=1S/C17H21NO3S/c19-16(18-6-8-22-9-7-18)5-4-12-2-1-3-13(10-12)14-11-15(14)17(20)21/h1-3,10,14-15H,4-9,11H2,(H,20,21). The van der Waals surface area contributed by atoms with Gasteiger partial charge in [-0.1, -0.05) is 24.3 Å². The second-order valence-corrected chi connectivity index (χ2v) is 7.25. The average Bonchev–Trinajstić information content (AvgIpc) is 3.35. The quantitative estimate of drug-likeness (QED) is 0.905. The maximum atomic E-state index is 12.2. The Hall–Kier alpha value is -1.49. The minimum absolute atomic E-state index is 0.160. The summed E-state index contributed by atoms with van der Waals surface area (Å²) in [6.45, 7) is 1.73. The van der Waals surface area contributed by atoms with Crippen molar-refractivity contribution in [2.45, 2.75) is 25.2 Å². The van der Waals surface area contributed by atoms with E-state index in [2.05, 4.69) is 6.07 Å². The van der Waals surface area contributed by atoms with Crippen LogP contribution >= 0.6 is 11.8 Å². The Morgan fingerprint density at radius 3 is 2.73 bits per heavy atom. The fourth-order valence-corrected chi connectivity index (χ4v) is 3.94. The van der Waals surface area contributed by atoms with Gasteiger partial charge in [0.15, 0.2) is 0 Å². The first kappa shape index (κ1) is 15.4. The molecule has 2 fully saturated rings. The molecule has 0 aromatic heterocycles. The van der Waals surface area contributed by atoms with E-state index in [1.165, 1.54) is 0 Å². The minimum Gasteiger partial charge on any atom is -0.481 e. The van der Waals surface area contributed by atoms with Crippen molar-refractivity contribution in [3.8, 4) is 0 Å². The zero-order valence-electron chi connectivity index (χ0n) is 12.5. The second-order valence-electron chi connectivity index (χ2n) is 6.03. The summed E-state index contributed by atoms with van der Waals surface area (Å²) < 4.78 is 0. The van der Waals surface area contributed by atoms with Crippen molar-refractivity contribution in [1.29, 1.82) is 0 Å². The third-order valence-electron chi connectivity index (χ3n) is 4.48. The number of thioether (sulfide) groups is 1. The van der Waals surface area contributed by atoms with Gasteiger partial charge in [-0.05, 0) is 29.9 Å². The van der Waals surface area contributed by atoms with E-state index in [4.69, 9.17) is 5.11 Å². The molecule has 0 bridgehead atoms. The molecule has 2 atom stereocenters. The van der Waals surface area contributed by atoms with Crippen LogP contribution in [0.1, 0.15) is 29.9 Å². The fraction of sp³-hybridized carbons (Fsp3) is 0.529. The van der Waals surface area contributed by atoms with Crippen molar-refractivity contribution in [3.05, 3.63) is 35.4 Å². The lowest BCUT2D eigenvalue weighted by Gasteiger charge is -2.26. The molecular formula is C17H21NO3S. The summed E-state index contributed by atoms with van der Waals surface area (Å²) in [6, 6.07) is 8.08. The van der Waals surface area contributed by atoms with Gasteiger partial charge in [0, 0.05) is 31.0 Å². The zero-order chi connectivity index (χ0) is 15.5. The summed E-state index contributed by atoms with van der Waals surface area (Å²) in [5, 5.41) is 9.02. The summed E-state index contributed by atoms with van der Waals surface area (Å²) in [6.07, 6.45) is 2.02. The number of carboxylic acid groups (broad SMARTS) is 1. The number of rotatable bonds is 5. The molecule has 1 aromatic carbocycles. The Morgan fingerprint density at radius 1 is 1.27 bits per heavy atom. The maximum Gasteiger partial charge on any atom is 0.307 e. The number of carbonyl (C=O) groups excluding carboxylic acids is 1. The highest BCUT2D eigenvalue weighted by atomic mass is 32.2. The van der Waals surface area contributed by atoms with Gasteiger partial charge in [-0.15, -0.1) is 0 Å². The first-order chi connectivity index (χ1) is 10.6. The first-order valence-corrected chi connectivity index (χ1v) is 8.98. The molecule has 118 valence electrons. The zero-order valence-corrected chi connectivity index (χ0v) is 13.3. The molecule has 22 heavy (non-hydrogen) atoms. The topological polar surface area (TPSA) is 57.6 Å². The average molecular weight is 319 g/mol. The molecule has 1 aliphatic carbocycles. The number of nitrogens with zero attached hydrogens (tertiary/aromatic N) is 1. The van der Waals surface area contributed by atoms with E-state index >= 15 is 0 Å². The number of hydrogen-bond donors (Lipinski definition) is 1. The molecule has 0 spiro atoms. The number of carboxylic acids is 1. The van der Waals surface area contributed by atoms with Crippen LogP contribution in [0, 0.1) is 5.92 Å². The monoisotopic (exact) mass is 319 g/mol. The van der Waals surface area contributed by atoms with E-state index in [9.17, 15) is 9.59 Å². The lowest BCUT2D eigenvalue weighted by atomic mass is 10.0. The Bertz CT molecular complexity index is 569. The van der Waals surface area contributed by atoms with E-state index in [0.717, 1.165) is 48.6 Å². The van der Waals surface area contributed by atoms with Crippen LogP contribution in [0.5, 0.6) is 0 Å². The van der Waals surface area contributed by atoms with Crippen molar-refractivity contribution < 1.29 is 14.7 Å². The lowest BCUT2D eigenvalue weighted by molar-refractivity contribution is -0.138. The van der Waals surface area contributed by atoms with E-state index < -0.39 is 5.97 Å². The molecule has 1 N–H and O–H groups in total. The molecule has 1 heterocycles. The third-order valence-corrected chi connectivity index (χ3v) is 5.42. The number of carbonyl (C=O) groups is 2. The van der Waals surface area contributed by atoms with Crippen molar-refractivity contribution in [3.63, 3.8) is 0 Å². The third kappa shape index (κ3) is 3.64. The van der Waals surface area contributed by atoms with Crippen LogP contribution in [0.2, 0.25) is 0 Å². The van der Waals surface area contributed by atoms with E-state index in [-0.39, 0.29) is 17.7 Å². The Labute approximate surface area is 134 Å². The van der Waals surface area contributed by atoms with Crippen LogP contribution in [0.25, 0.3) is 0 Å². The number of amides is 1. The molecule has 1 aliphatic heterocycles. The number of benzene rings is 1. The number of hydrogen-bond acceptors (Lipinski definition) is 3. The molecular weight excluding hydrogens is 298 g/mol. The van der Waals surface area contributed by atoms with Gasteiger partial charge in [0.25, 0.3) is 0 Å². The predicted octanol–water partition coefficient (Wildman–Crippen LogP) is 2.38. The van der Waals surface area contributed by atoms with Gasteiger partial charge in [-0.2, -0.15) is 11.8 Å². The molecule has 1 saturated carbocycles. The minimum atomic E-state index is -0.700. The summed E-state index contributed by atoms with van der Waals surface area (Å²) in [5.74, 6) is 1.56. The van der Waals surface area contributed by atoms with E-state index in [1.54, 1.807) is 0 Å². The Kier molecular flexibility index (Phi) is 4.71. The number of aliphatic carboxylic acids is 1. The Balaban J connectivity index is 1.54. The van der Waals surface area contributed by atoms with Crippen LogP contribution in [0.3, 0.4) is 0 Å². The maximum absolute atomic E-state index is 12.2. The van der Waals surface area contributed by atoms with Crippen molar-refractivity contribution in [2.75, 3.05) is 24.6 Å². The highest BCUT2D eigenvalue weighted by molar-refractivity contribution is 7.99. The van der Waals surface area contributed by atoms with Gasteiger partial charge in [-0.3, -0.25) is 9.59 Å². The van der Waals surface area contributed by atoms with Crippen LogP contribution in [0.15, 0.2) is 24.3 Å².